The normalized spacial score (nSPS) is 16.1. The second-order valence-electron chi connectivity index (χ2n) is 4.60. The molecule has 0 bridgehead atoms. The Morgan fingerprint density at radius 2 is 2.10 bits per heavy atom. The molecule has 1 heterocycles. The largest absolute Gasteiger partial charge is 0.493 e. The summed E-state index contributed by atoms with van der Waals surface area (Å²) in [7, 11) is 1.60. The van der Waals surface area contributed by atoms with Crippen LogP contribution in [0.4, 0.5) is 0 Å². The predicted octanol–water partition coefficient (Wildman–Crippen LogP) is 1.52. The number of methoxy groups -OCH3 is 1. The Balaban J connectivity index is 1.97. The van der Waals surface area contributed by atoms with E-state index in [0.717, 1.165) is 38.4 Å². The summed E-state index contributed by atoms with van der Waals surface area (Å²) in [5.74, 6) is 1.31. The number of morpholine rings is 1. The van der Waals surface area contributed by atoms with E-state index in [9.17, 15) is 0 Å². The van der Waals surface area contributed by atoms with Crippen LogP contribution in [0.2, 0.25) is 5.02 Å². The van der Waals surface area contributed by atoms with Gasteiger partial charge in [0.2, 0.25) is 0 Å². The molecule has 1 aromatic carbocycles. The molecule has 0 unspecified atom stereocenters. The monoisotopic (exact) mass is 300 g/mol. The zero-order valence-electron chi connectivity index (χ0n) is 11.7. The summed E-state index contributed by atoms with van der Waals surface area (Å²) >= 11 is 6.02. The molecule has 1 saturated heterocycles. The topological polar surface area (TPSA) is 57.0 Å². The predicted molar refractivity (Wildman–Crippen MR) is 78.6 cm³/mol. The smallest absolute Gasteiger partial charge is 0.165 e. The van der Waals surface area contributed by atoms with Crippen molar-refractivity contribution in [3.05, 3.63) is 22.7 Å². The summed E-state index contributed by atoms with van der Waals surface area (Å²) in [6.45, 7) is 5.29. The van der Waals surface area contributed by atoms with Crippen LogP contribution in [0.15, 0.2) is 12.1 Å². The van der Waals surface area contributed by atoms with Gasteiger partial charge in [0.25, 0.3) is 0 Å². The molecule has 0 radical (unpaired) electrons. The van der Waals surface area contributed by atoms with E-state index in [-0.39, 0.29) is 0 Å². The van der Waals surface area contributed by atoms with E-state index in [2.05, 4.69) is 4.90 Å². The van der Waals surface area contributed by atoms with Crippen LogP contribution in [0.25, 0.3) is 0 Å². The van der Waals surface area contributed by atoms with Crippen molar-refractivity contribution in [2.75, 3.05) is 46.6 Å². The van der Waals surface area contributed by atoms with Crippen LogP contribution in [0.5, 0.6) is 11.5 Å². The van der Waals surface area contributed by atoms with Crippen molar-refractivity contribution in [3.8, 4) is 11.5 Å². The number of hydrogen-bond acceptors (Lipinski definition) is 5. The Labute approximate surface area is 124 Å². The molecular weight excluding hydrogens is 280 g/mol. The Hall–Kier alpha value is -1.01. The number of nitrogens with zero attached hydrogens (tertiary/aromatic N) is 1. The molecule has 112 valence electrons. The SMILES string of the molecule is COc1cc(Cl)cc(CN)c1OCCN1CCOCC1. The third-order valence-corrected chi connectivity index (χ3v) is 3.51. The summed E-state index contributed by atoms with van der Waals surface area (Å²) in [4.78, 5) is 2.31. The lowest BCUT2D eigenvalue weighted by Gasteiger charge is -2.26. The van der Waals surface area contributed by atoms with Crippen molar-refractivity contribution in [2.24, 2.45) is 5.73 Å². The molecule has 6 heteroatoms. The van der Waals surface area contributed by atoms with Crippen LogP contribution in [-0.4, -0.2) is 51.5 Å². The average Bonchev–Trinajstić information content (AvgIpc) is 2.49. The van der Waals surface area contributed by atoms with Gasteiger partial charge in [-0.1, -0.05) is 11.6 Å². The maximum atomic E-state index is 6.02. The lowest BCUT2D eigenvalue weighted by Crippen LogP contribution is -2.38. The highest BCUT2D eigenvalue weighted by molar-refractivity contribution is 6.30. The van der Waals surface area contributed by atoms with Crippen molar-refractivity contribution < 1.29 is 14.2 Å². The van der Waals surface area contributed by atoms with E-state index in [1.807, 2.05) is 6.07 Å². The minimum absolute atomic E-state index is 0.365. The number of benzene rings is 1. The number of hydrogen-bond donors (Lipinski definition) is 1. The molecule has 0 aromatic heterocycles. The maximum absolute atomic E-state index is 6.02. The molecule has 1 fully saturated rings. The van der Waals surface area contributed by atoms with Crippen molar-refractivity contribution in [1.82, 2.24) is 4.90 Å². The summed E-state index contributed by atoms with van der Waals surface area (Å²) in [5.41, 5.74) is 6.59. The molecule has 2 N–H and O–H groups in total. The molecule has 0 aliphatic carbocycles. The van der Waals surface area contributed by atoms with Crippen molar-refractivity contribution in [2.45, 2.75) is 6.54 Å². The van der Waals surface area contributed by atoms with Gasteiger partial charge in [0.1, 0.15) is 6.61 Å². The minimum Gasteiger partial charge on any atom is -0.493 e. The lowest BCUT2D eigenvalue weighted by atomic mass is 10.2. The molecule has 0 atom stereocenters. The molecule has 20 heavy (non-hydrogen) atoms. The molecule has 0 amide bonds. The van der Waals surface area contributed by atoms with Crippen molar-refractivity contribution in [3.63, 3.8) is 0 Å². The highest BCUT2D eigenvalue weighted by Crippen LogP contribution is 2.34. The summed E-state index contributed by atoms with van der Waals surface area (Å²) in [6, 6.07) is 3.55. The van der Waals surface area contributed by atoms with Gasteiger partial charge in [0, 0.05) is 42.8 Å². The Kier molecular flexibility index (Phi) is 5.91. The van der Waals surface area contributed by atoms with Crippen LogP contribution < -0.4 is 15.2 Å². The highest BCUT2D eigenvalue weighted by Gasteiger charge is 2.14. The van der Waals surface area contributed by atoms with Crippen LogP contribution in [-0.2, 0) is 11.3 Å². The summed E-state index contributed by atoms with van der Waals surface area (Å²) in [6.07, 6.45) is 0. The van der Waals surface area contributed by atoms with Crippen LogP contribution in [0, 0.1) is 0 Å². The summed E-state index contributed by atoms with van der Waals surface area (Å²) in [5, 5.41) is 0.600. The van der Waals surface area contributed by atoms with Crippen molar-refractivity contribution in [1.29, 1.82) is 0 Å². The molecule has 1 aromatic rings. The van der Waals surface area contributed by atoms with Gasteiger partial charge in [-0.15, -0.1) is 0 Å². The number of nitrogens with two attached hydrogens (primary N) is 1. The first kappa shape index (κ1) is 15.4. The van der Waals surface area contributed by atoms with Crippen LogP contribution in [0.3, 0.4) is 0 Å². The Bertz CT molecular complexity index is 411. The van der Waals surface area contributed by atoms with Gasteiger partial charge in [-0.2, -0.15) is 0 Å². The molecule has 1 aliphatic rings. The fourth-order valence-corrected chi connectivity index (χ4v) is 2.42. The van der Waals surface area contributed by atoms with Gasteiger partial charge in [0.15, 0.2) is 11.5 Å². The Morgan fingerprint density at radius 3 is 2.75 bits per heavy atom. The number of rotatable bonds is 6. The molecule has 2 rings (SSSR count). The van der Waals surface area contributed by atoms with Gasteiger partial charge in [-0.05, 0) is 6.07 Å². The average molecular weight is 301 g/mol. The van der Waals surface area contributed by atoms with E-state index in [1.54, 1.807) is 13.2 Å². The quantitative estimate of drug-likeness (QED) is 0.863. The van der Waals surface area contributed by atoms with Gasteiger partial charge in [-0.3, -0.25) is 4.90 Å². The van der Waals surface area contributed by atoms with E-state index in [4.69, 9.17) is 31.5 Å². The highest BCUT2D eigenvalue weighted by atomic mass is 35.5. The first-order valence-electron chi connectivity index (χ1n) is 6.74. The van der Waals surface area contributed by atoms with E-state index in [0.29, 0.717) is 29.7 Å². The second-order valence-corrected chi connectivity index (χ2v) is 5.04. The fourth-order valence-electron chi connectivity index (χ4n) is 2.19. The molecular formula is C14H21ClN2O3. The molecule has 0 spiro atoms. The fraction of sp³-hybridized carbons (Fsp3) is 0.571. The molecule has 0 saturated carbocycles. The van der Waals surface area contributed by atoms with Gasteiger partial charge >= 0.3 is 0 Å². The molecule has 5 nitrogen and oxygen atoms in total. The molecule has 1 aliphatic heterocycles. The zero-order chi connectivity index (χ0) is 14.4. The van der Waals surface area contributed by atoms with Crippen LogP contribution in [0.1, 0.15) is 5.56 Å². The van der Waals surface area contributed by atoms with Crippen LogP contribution >= 0.6 is 11.6 Å². The third-order valence-electron chi connectivity index (χ3n) is 3.29. The van der Waals surface area contributed by atoms with Gasteiger partial charge in [0.05, 0.1) is 20.3 Å². The van der Waals surface area contributed by atoms with Gasteiger partial charge in [-0.25, -0.2) is 0 Å². The van der Waals surface area contributed by atoms with Gasteiger partial charge < -0.3 is 19.9 Å². The Morgan fingerprint density at radius 1 is 1.35 bits per heavy atom. The first-order valence-corrected chi connectivity index (χ1v) is 7.11. The van der Waals surface area contributed by atoms with E-state index >= 15 is 0 Å². The van der Waals surface area contributed by atoms with E-state index in [1.165, 1.54) is 0 Å². The maximum Gasteiger partial charge on any atom is 0.165 e. The number of halogens is 1. The second kappa shape index (κ2) is 7.69. The minimum atomic E-state index is 0.365. The summed E-state index contributed by atoms with van der Waals surface area (Å²) < 4.78 is 16.5. The third kappa shape index (κ3) is 3.99. The first-order chi connectivity index (χ1) is 9.74. The lowest BCUT2D eigenvalue weighted by molar-refractivity contribution is 0.0320. The van der Waals surface area contributed by atoms with E-state index < -0.39 is 0 Å². The number of ether oxygens (including phenoxy) is 3. The standard InChI is InChI=1S/C14H21ClN2O3/c1-18-13-9-12(15)8-11(10-16)14(13)20-7-4-17-2-5-19-6-3-17/h8-9H,2-7,10,16H2,1H3. The zero-order valence-corrected chi connectivity index (χ0v) is 12.5. The van der Waals surface area contributed by atoms with Crippen molar-refractivity contribution >= 4 is 11.6 Å².